The second-order valence-corrected chi connectivity index (χ2v) is 23.0. The highest BCUT2D eigenvalue weighted by Gasteiger charge is 2.24. The Morgan fingerprint density at radius 3 is 1.41 bits per heavy atom. The van der Waals surface area contributed by atoms with Gasteiger partial charge in [0.05, 0.1) is 39.0 Å². The molecule has 380 valence electrons. The quantitative estimate of drug-likeness (QED) is 0.179. The first-order valence-electron chi connectivity index (χ1n) is 26.9. The molecule has 1 N–H and O–H groups in total. The van der Waals surface area contributed by atoms with Crippen molar-refractivity contribution >= 4 is 166 Å². The van der Waals surface area contributed by atoms with Crippen molar-refractivity contribution in [3.63, 3.8) is 0 Å². The first-order valence-corrected chi connectivity index (χ1v) is 29.3. The number of rotatable bonds is 3. The van der Waals surface area contributed by atoms with Gasteiger partial charge < -0.3 is 4.98 Å². The monoisotopic (exact) mass is 1130 g/mol. The van der Waals surface area contributed by atoms with Crippen molar-refractivity contribution in [1.29, 1.82) is 0 Å². The van der Waals surface area contributed by atoms with E-state index in [0.717, 1.165) is 55.4 Å². The Kier molecular flexibility index (Phi) is 11.3. The lowest BCUT2D eigenvalue weighted by Gasteiger charge is -2.13. The highest BCUT2D eigenvalue weighted by Crippen LogP contribution is 2.49. The van der Waals surface area contributed by atoms with E-state index in [1.165, 1.54) is 94.5 Å². The van der Waals surface area contributed by atoms with Gasteiger partial charge in [-0.25, -0.2) is 19.9 Å². The molecule has 0 aliphatic heterocycles. The topological polar surface area (TPSA) is 72.3 Å². The van der Waals surface area contributed by atoms with E-state index in [-0.39, 0.29) is 0 Å². The Morgan fingerprint density at radius 2 is 0.778 bits per heavy atom. The smallest absolute Gasteiger partial charge is 0.235 e. The second kappa shape index (κ2) is 19.3. The molecule has 0 bridgehead atoms. The van der Waals surface area contributed by atoms with Gasteiger partial charge in [-0.15, -0.1) is 22.7 Å². The summed E-state index contributed by atoms with van der Waals surface area (Å²) in [5, 5.41) is 17.8. The summed E-state index contributed by atoms with van der Waals surface area (Å²) in [7, 11) is 0. The van der Waals surface area contributed by atoms with Crippen LogP contribution in [0.15, 0.2) is 260 Å². The van der Waals surface area contributed by atoms with Crippen LogP contribution in [0, 0.1) is 0 Å². The van der Waals surface area contributed by atoms with Gasteiger partial charge in [-0.2, -0.15) is 0 Å². The van der Waals surface area contributed by atoms with Gasteiger partial charge in [0.25, 0.3) is 0 Å². The molecule has 9 heteroatoms. The number of hydrogen-bond donors (Lipinski definition) is 1. The summed E-state index contributed by atoms with van der Waals surface area (Å²) in [6.45, 7) is 0. The van der Waals surface area contributed by atoms with Crippen molar-refractivity contribution < 1.29 is 0 Å². The van der Waals surface area contributed by atoms with Gasteiger partial charge in [0, 0.05) is 111 Å². The molecule has 0 radical (unpaired) electrons. The lowest BCUT2D eigenvalue weighted by molar-refractivity contribution is 1.02. The predicted molar refractivity (Wildman–Crippen MR) is 349 cm³/mol. The van der Waals surface area contributed by atoms with Crippen LogP contribution in [0.2, 0.25) is 0 Å². The fourth-order valence-electron chi connectivity index (χ4n) is 12.2. The van der Waals surface area contributed by atoms with Crippen molar-refractivity contribution in [1.82, 2.24) is 29.5 Å². The Morgan fingerprint density at radius 1 is 0.333 bits per heavy atom. The van der Waals surface area contributed by atoms with E-state index in [4.69, 9.17) is 9.97 Å². The number of halogens is 1. The molecule has 0 amide bonds. The molecule has 0 saturated heterocycles. The molecule has 12 aromatic carbocycles. The maximum Gasteiger partial charge on any atom is 0.235 e. The molecule has 0 aliphatic carbocycles. The van der Waals surface area contributed by atoms with Crippen molar-refractivity contribution in [2.24, 2.45) is 0 Å². The third-order valence-electron chi connectivity index (χ3n) is 15.6. The van der Waals surface area contributed by atoms with E-state index in [9.17, 15) is 0 Å². The summed E-state index contributed by atoms with van der Waals surface area (Å²) in [5.74, 6) is 0.688. The Labute approximate surface area is 480 Å². The van der Waals surface area contributed by atoms with E-state index in [2.05, 4.69) is 242 Å². The minimum atomic E-state index is 0.620. The Hall–Kier alpha value is -9.64. The highest BCUT2D eigenvalue weighted by atomic mass is 79.9. The molecule has 6 heterocycles. The molecule has 0 spiro atoms. The zero-order valence-electron chi connectivity index (χ0n) is 43.2. The number of nitrogens with one attached hydrogen (secondary N) is 1. The van der Waals surface area contributed by atoms with Crippen LogP contribution in [0.1, 0.15) is 0 Å². The van der Waals surface area contributed by atoms with Gasteiger partial charge in [0.2, 0.25) is 5.95 Å². The molecule has 81 heavy (non-hydrogen) atoms. The fourth-order valence-corrected chi connectivity index (χ4v) is 15.0. The number of benzene rings is 12. The van der Waals surface area contributed by atoms with Crippen molar-refractivity contribution in [2.75, 3.05) is 0 Å². The van der Waals surface area contributed by atoms with E-state index >= 15 is 0 Å². The molecule has 18 rings (SSSR count). The minimum Gasteiger partial charge on any atom is -0.354 e. The lowest BCUT2D eigenvalue weighted by Crippen LogP contribution is -2.03. The van der Waals surface area contributed by atoms with Crippen LogP contribution in [-0.4, -0.2) is 29.5 Å². The highest BCUT2D eigenvalue weighted by molar-refractivity contribution is 9.10. The molecule has 18 aromatic rings. The van der Waals surface area contributed by atoms with Crippen LogP contribution < -0.4 is 0 Å². The maximum absolute atomic E-state index is 5.31. The number of aromatic nitrogens is 6. The summed E-state index contributed by atoms with van der Waals surface area (Å²) in [6.07, 6.45) is 0. The van der Waals surface area contributed by atoms with Crippen molar-refractivity contribution in [3.05, 3.63) is 260 Å². The van der Waals surface area contributed by atoms with Crippen LogP contribution in [-0.2, 0) is 0 Å². The Bertz CT molecular complexity index is 5400. The number of fused-ring (bicyclic) bond motifs is 22. The molecule has 0 fully saturated rings. The van der Waals surface area contributed by atoms with E-state index in [1.54, 1.807) is 0 Å². The number of nitrogens with zero attached hydrogens (tertiary/aromatic N) is 5. The van der Waals surface area contributed by atoms with Gasteiger partial charge in [0.15, 0.2) is 4.73 Å². The molecular formula is C72H43BrN6S2. The van der Waals surface area contributed by atoms with Gasteiger partial charge in [0.1, 0.15) is 0 Å². The number of hydrogen-bond acceptors (Lipinski definition) is 6. The third-order valence-corrected chi connectivity index (χ3v) is 18.4. The van der Waals surface area contributed by atoms with Gasteiger partial charge in [-0.05, 0) is 52.3 Å². The van der Waals surface area contributed by atoms with Crippen molar-refractivity contribution in [2.45, 2.75) is 0 Å². The van der Waals surface area contributed by atoms with Crippen LogP contribution in [0.3, 0.4) is 0 Å². The van der Waals surface area contributed by atoms with Crippen LogP contribution in [0.25, 0.3) is 156 Å². The SMILES string of the molecule is Brc1nc(-c2ccccc2)c2ccccc2n1.c1ccc(-c2nc(-n3c4ccccc4c4c5c6ccccc6sc5c5ccccc5c43)nc3ccccc23)cc1.c1ccc2c(c1)[nH]c1c3ccccc3c3sc4ccccc4c3c21. The normalized spacial score (nSPS) is 11.8. The summed E-state index contributed by atoms with van der Waals surface area (Å²) in [6, 6.07) is 89.3. The zero-order chi connectivity index (χ0) is 53.5. The van der Waals surface area contributed by atoms with E-state index in [1.807, 2.05) is 71.2 Å². The summed E-state index contributed by atoms with van der Waals surface area (Å²) < 4.78 is 8.30. The van der Waals surface area contributed by atoms with Crippen molar-refractivity contribution in [3.8, 4) is 28.5 Å². The average molecular weight is 1140 g/mol. The fraction of sp³-hybridized carbons (Fsp3) is 0. The molecule has 0 saturated carbocycles. The minimum absolute atomic E-state index is 0.620. The lowest BCUT2D eigenvalue weighted by atomic mass is 10.00. The van der Waals surface area contributed by atoms with Gasteiger partial charge in [-0.1, -0.05) is 218 Å². The molecule has 0 unspecified atom stereocenters. The number of aromatic amines is 1. The average Bonchev–Trinajstić information content (AvgIpc) is 3.82. The molecule has 0 aliphatic rings. The van der Waals surface area contributed by atoms with Gasteiger partial charge >= 0.3 is 0 Å². The number of thiophene rings is 2. The zero-order valence-corrected chi connectivity index (χ0v) is 46.4. The largest absolute Gasteiger partial charge is 0.354 e. The maximum atomic E-state index is 5.31. The number of H-pyrrole nitrogens is 1. The standard InChI is InChI=1S/C36H21N3S.C22H13NS.C14H9BrN2/c1-2-12-22(13-3-1)33-25-16-6-9-19-28(25)37-36(38-33)39-29-20-10-7-17-26(29)31-32-27-18-8-11-21-30(27)40-35(32)24-15-5-4-14-23(24)34(31)39;1-2-8-14-13(7-1)21-19(15-9-3-5-11-17(15)23-21)20-16-10-4-6-12-18(16)24-22(14)20;15-14-16-12-9-5-4-8-11(12)13(17-14)10-6-2-1-3-7-10/h1-21H;1-12,23H;1-9H. The van der Waals surface area contributed by atoms with Gasteiger partial charge in [-0.3, -0.25) is 4.57 Å². The third kappa shape index (κ3) is 7.72. The first kappa shape index (κ1) is 47.4. The predicted octanol–water partition coefficient (Wildman–Crippen LogP) is 20.8. The van der Waals surface area contributed by atoms with E-state index < -0.39 is 0 Å². The molecular weight excluding hydrogens is 1090 g/mol. The second-order valence-electron chi connectivity index (χ2n) is 20.2. The summed E-state index contributed by atoms with van der Waals surface area (Å²) >= 11 is 7.14. The van der Waals surface area contributed by atoms with Crippen LogP contribution in [0.5, 0.6) is 0 Å². The molecule has 6 aromatic heterocycles. The Balaban J connectivity index is 0.000000112. The molecule has 0 atom stereocenters. The molecule has 6 nitrogen and oxygen atoms in total. The van der Waals surface area contributed by atoms with E-state index in [0.29, 0.717) is 10.7 Å². The number of para-hydroxylation sites is 4. The first-order chi connectivity index (χ1) is 40.1. The van der Waals surface area contributed by atoms with Crippen LogP contribution in [0.4, 0.5) is 0 Å². The summed E-state index contributed by atoms with van der Waals surface area (Å²) in [5.41, 5.74) is 10.7. The summed E-state index contributed by atoms with van der Waals surface area (Å²) in [4.78, 5) is 23.0. The van der Waals surface area contributed by atoms with Crippen LogP contribution >= 0.6 is 38.6 Å².